The number of hydrogen-bond acceptors (Lipinski definition) is 3. The van der Waals surface area contributed by atoms with Crippen LogP contribution in [-0.2, 0) is 0 Å². The number of aromatic amines is 1. The van der Waals surface area contributed by atoms with E-state index in [1.807, 2.05) is 4.98 Å². The molecule has 2 aromatic rings. The van der Waals surface area contributed by atoms with Gasteiger partial charge >= 0.3 is 11.7 Å². The summed E-state index contributed by atoms with van der Waals surface area (Å²) in [5, 5.41) is 8.85. The predicted molar refractivity (Wildman–Crippen MR) is 67.3 cm³/mol. The summed E-state index contributed by atoms with van der Waals surface area (Å²) in [7, 11) is 0. The van der Waals surface area contributed by atoms with E-state index in [1.54, 1.807) is 24.3 Å². The van der Waals surface area contributed by atoms with Gasteiger partial charge in [-0.05, 0) is 28.1 Å². The summed E-state index contributed by atoms with van der Waals surface area (Å²) in [5.41, 5.74) is -1.67. The third-order valence-corrected chi connectivity index (χ3v) is 2.96. The number of H-pyrrole nitrogens is 1. The first-order valence-corrected chi connectivity index (χ1v) is 5.64. The third kappa shape index (κ3) is 2.12. The topological polar surface area (TPSA) is 92.2 Å². The van der Waals surface area contributed by atoms with E-state index < -0.39 is 22.8 Å². The molecule has 18 heavy (non-hydrogen) atoms. The minimum absolute atomic E-state index is 0.446. The normalized spacial score (nSPS) is 10.3. The van der Waals surface area contributed by atoms with Gasteiger partial charge in [0.15, 0.2) is 0 Å². The Balaban J connectivity index is 2.77. The fourth-order valence-electron chi connectivity index (χ4n) is 1.45. The van der Waals surface area contributed by atoms with Crippen molar-refractivity contribution < 1.29 is 9.90 Å². The highest BCUT2D eigenvalue weighted by molar-refractivity contribution is 9.10. The van der Waals surface area contributed by atoms with Gasteiger partial charge in [-0.25, -0.2) is 9.59 Å². The Bertz CT molecular complexity index is 732. The van der Waals surface area contributed by atoms with E-state index in [0.717, 1.165) is 10.8 Å². The molecular weight excluding hydrogens is 304 g/mol. The second-order valence-corrected chi connectivity index (χ2v) is 4.28. The lowest BCUT2D eigenvalue weighted by Crippen LogP contribution is -2.32. The Labute approximate surface area is 109 Å². The Hall–Kier alpha value is -2.15. The minimum Gasteiger partial charge on any atom is -0.477 e. The van der Waals surface area contributed by atoms with Gasteiger partial charge in [-0.2, -0.15) is 0 Å². The lowest BCUT2D eigenvalue weighted by atomic mass is 10.3. The SMILES string of the molecule is O=C(O)c1cn(-c2ccccc2Br)c(=O)[nH]c1=O. The van der Waals surface area contributed by atoms with Crippen molar-refractivity contribution in [3.8, 4) is 5.69 Å². The average Bonchev–Trinajstić information content (AvgIpc) is 2.30. The maximum Gasteiger partial charge on any atom is 0.342 e. The molecule has 0 amide bonds. The van der Waals surface area contributed by atoms with Crippen LogP contribution in [-0.4, -0.2) is 20.6 Å². The van der Waals surface area contributed by atoms with Gasteiger partial charge in [-0.3, -0.25) is 14.3 Å². The molecule has 0 aliphatic heterocycles. The molecule has 6 nitrogen and oxygen atoms in total. The van der Waals surface area contributed by atoms with Crippen LogP contribution in [0, 0.1) is 0 Å². The van der Waals surface area contributed by atoms with Crippen LogP contribution in [0.5, 0.6) is 0 Å². The second kappa shape index (κ2) is 4.61. The van der Waals surface area contributed by atoms with E-state index in [0.29, 0.717) is 10.2 Å². The summed E-state index contributed by atoms with van der Waals surface area (Å²) in [6.45, 7) is 0. The summed E-state index contributed by atoms with van der Waals surface area (Å²) >= 11 is 3.25. The predicted octanol–water partition coefficient (Wildman–Crippen LogP) is 0.986. The molecule has 0 aliphatic carbocycles. The Morgan fingerprint density at radius 2 is 1.94 bits per heavy atom. The molecule has 2 rings (SSSR count). The van der Waals surface area contributed by atoms with Crippen molar-refractivity contribution in [2.75, 3.05) is 0 Å². The first-order valence-electron chi connectivity index (χ1n) is 4.85. The lowest BCUT2D eigenvalue weighted by molar-refractivity contribution is 0.0694. The highest BCUT2D eigenvalue weighted by atomic mass is 79.9. The van der Waals surface area contributed by atoms with Crippen LogP contribution < -0.4 is 11.2 Å². The van der Waals surface area contributed by atoms with Crippen LogP contribution in [0.3, 0.4) is 0 Å². The fraction of sp³-hybridized carbons (Fsp3) is 0. The molecule has 0 atom stereocenters. The van der Waals surface area contributed by atoms with Gasteiger partial charge < -0.3 is 5.11 Å². The van der Waals surface area contributed by atoms with Crippen molar-refractivity contribution >= 4 is 21.9 Å². The smallest absolute Gasteiger partial charge is 0.342 e. The standard InChI is InChI=1S/C11H7BrN2O4/c12-7-3-1-2-4-8(7)14-5-6(10(16)17)9(15)13-11(14)18/h1-5H,(H,16,17)(H,13,15,18). The maximum atomic E-state index is 11.7. The molecule has 1 heterocycles. The highest BCUT2D eigenvalue weighted by Gasteiger charge is 2.13. The number of para-hydroxylation sites is 1. The quantitative estimate of drug-likeness (QED) is 0.865. The molecule has 0 unspecified atom stereocenters. The molecule has 92 valence electrons. The lowest BCUT2D eigenvalue weighted by Gasteiger charge is -2.07. The maximum absolute atomic E-state index is 11.7. The summed E-state index contributed by atoms with van der Waals surface area (Å²) in [4.78, 5) is 35.8. The van der Waals surface area contributed by atoms with Gasteiger partial charge in [0, 0.05) is 10.7 Å². The van der Waals surface area contributed by atoms with E-state index in [4.69, 9.17) is 5.11 Å². The largest absolute Gasteiger partial charge is 0.477 e. The summed E-state index contributed by atoms with van der Waals surface area (Å²) in [6.07, 6.45) is 1.00. The first-order chi connectivity index (χ1) is 8.50. The van der Waals surface area contributed by atoms with Gasteiger partial charge in [0.1, 0.15) is 5.56 Å². The molecular formula is C11H7BrN2O4. The van der Waals surface area contributed by atoms with Crippen LogP contribution in [0.15, 0.2) is 44.5 Å². The average molecular weight is 311 g/mol. The molecule has 1 aromatic heterocycles. The molecule has 1 aromatic carbocycles. The number of benzene rings is 1. The number of carbonyl (C=O) groups is 1. The second-order valence-electron chi connectivity index (χ2n) is 3.43. The van der Waals surface area contributed by atoms with Crippen LogP contribution in [0.25, 0.3) is 5.69 Å². The Kier molecular flexibility index (Phi) is 3.15. The number of nitrogens with one attached hydrogen (secondary N) is 1. The van der Waals surface area contributed by atoms with Gasteiger partial charge in [-0.15, -0.1) is 0 Å². The van der Waals surface area contributed by atoms with Gasteiger partial charge in [0.25, 0.3) is 5.56 Å². The third-order valence-electron chi connectivity index (χ3n) is 2.28. The molecule has 0 aliphatic rings. The summed E-state index contributed by atoms with van der Waals surface area (Å²) in [5.74, 6) is -1.39. The van der Waals surface area contributed by atoms with Crippen molar-refractivity contribution in [1.29, 1.82) is 0 Å². The van der Waals surface area contributed by atoms with E-state index >= 15 is 0 Å². The number of halogens is 1. The van der Waals surface area contributed by atoms with Crippen LogP contribution in [0.2, 0.25) is 0 Å². The van der Waals surface area contributed by atoms with Crippen LogP contribution in [0.4, 0.5) is 0 Å². The molecule has 0 spiro atoms. The number of carboxylic acid groups (broad SMARTS) is 1. The van der Waals surface area contributed by atoms with Crippen molar-refractivity contribution in [3.63, 3.8) is 0 Å². The van der Waals surface area contributed by atoms with Gasteiger partial charge in [-0.1, -0.05) is 12.1 Å². The number of aromatic nitrogens is 2. The van der Waals surface area contributed by atoms with E-state index in [2.05, 4.69) is 15.9 Å². The van der Waals surface area contributed by atoms with E-state index in [1.165, 1.54) is 0 Å². The Morgan fingerprint density at radius 1 is 1.28 bits per heavy atom. The molecule has 0 saturated heterocycles. The molecule has 7 heteroatoms. The highest BCUT2D eigenvalue weighted by Crippen LogP contribution is 2.18. The van der Waals surface area contributed by atoms with Crippen molar-refractivity contribution in [2.24, 2.45) is 0 Å². The number of hydrogen-bond donors (Lipinski definition) is 2. The van der Waals surface area contributed by atoms with Crippen molar-refractivity contribution in [2.45, 2.75) is 0 Å². The van der Waals surface area contributed by atoms with Gasteiger partial charge in [0.05, 0.1) is 5.69 Å². The Morgan fingerprint density at radius 3 is 2.56 bits per heavy atom. The molecule has 2 N–H and O–H groups in total. The fourth-order valence-corrected chi connectivity index (χ4v) is 1.93. The zero-order chi connectivity index (χ0) is 13.3. The zero-order valence-corrected chi connectivity index (χ0v) is 10.5. The monoisotopic (exact) mass is 310 g/mol. The summed E-state index contributed by atoms with van der Waals surface area (Å²) < 4.78 is 1.67. The first kappa shape index (κ1) is 12.3. The molecule has 0 saturated carbocycles. The van der Waals surface area contributed by atoms with Gasteiger partial charge in [0.2, 0.25) is 0 Å². The van der Waals surface area contributed by atoms with Crippen molar-refractivity contribution in [3.05, 3.63) is 61.3 Å². The van der Waals surface area contributed by atoms with E-state index in [9.17, 15) is 14.4 Å². The van der Waals surface area contributed by atoms with E-state index in [-0.39, 0.29) is 0 Å². The number of rotatable bonds is 2. The number of carboxylic acids is 1. The summed E-state index contributed by atoms with van der Waals surface area (Å²) in [6, 6.07) is 6.77. The van der Waals surface area contributed by atoms with Crippen LogP contribution in [0.1, 0.15) is 10.4 Å². The number of nitrogens with zero attached hydrogens (tertiary/aromatic N) is 1. The number of aromatic carboxylic acids is 1. The van der Waals surface area contributed by atoms with Crippen LogP contribution >= 0.6 is 15.9 Å². The minimum atomic E-state index is -1.39. The zero-order valence-electron chi connectivity index (χ0n) is 8.88. The van der Waals surface area contributed by atoms with Crippen molar-refractivity contribution in [1.82, 2.24) is 9.55 Å². The molecule has 0 bridgehead atoms. The molecule has 0 radical (unpaired) electrons. The molecule has 0 fully saturated rings.